The third kappa shape index (κ3) is 2.44. The van der Waals surface area contributed by atoms with E-state index in [9.17, 15) is 10.1 Å². The molecule has 0 spiro atoms. The summed E-state index contributed by atoms with van der Waals surface area (Å²) in [6.07, 6.45) is 0. The van der Waals surface area contributed by atoms with Gasteiger partial charge in [0, 0.05) is 13.6 Å². The maximum Gasteiger partial charge on any atom is 0.353 e. The molecule has 0 unspecified atom stereocenters. The van der Waals surface area contributed by atoms with E-state index < -0.39 is 4.92 Å². The molecular weight excluding hydrogens is 200 g/mol. The standard InChI is InChI=1S/C8H14N4O3/c1-6-7(12(13)14)8(11(3)10-6)15-5-4-9-2/h9H,4-5H2,1-3H3. The predicted molar refractivity (Wildman–Crippen MR) is 54.0 cm³/mol. The molecule has 1 rings (SSSR count). The van der Waals surface area contributed by atoms with Crippen molar-refractivity contribution in [1.82, 2.24) is 15.1 Å². The first-order valence-corrected chi connectivity index (χ1v) is 4.53. The molecule has 1 N–H and O–H groups in total. The lowest BCUT2D eigenvalue weighted by Gasteiger charge is -2.04. The van der Waals surface area contributed by atoms with Gasteiger partial charge in [0.1, 0.15) is 12.3 Å². The van der Waals surface area contributed by atoms with Crippen LogP contribution in [0.2, 0.25) is 0 Å². The highest BCUT2D eigenvalue weighted by Crippen LogP contribution is 2.29. The summed E-state index contributed by atoms with van der Waals surface area (Å²) in [7, 11) is 3.40. The van der Waals surface area contributed by atoms with Crippen LogP contribution in [0, 0.1) is 17.0 Å². The first kappa shape index (κ1) is 11.4. The number of hydrogen-bond donors (Lipinski definition) is 1. The van der Waals surface area contributed by atoms with Gasteiger partial charge < -0.3 is 10.1 Å². The van der Waals surface area contributed by atoms with Gasteiger partial charge in [-0.05, 0) is 14.0 Å². The number of nitrogens with one attached hydrogen (secondary N) is 1. The quantitative estimate of drug-likeness (QED) is 0.431. The summed E-state index contributed by atoms with van der Waals surface area (Å²) in [5, 5.41) is 17.6. The monoisotopic (exact) mass is 214 g/mol. The van der Waals surface area contributed by atoms with Crippen molar-refractivity contribution in [3.8, 4) is 5.88 Å². The molecule has 0 aliphatic heterocycles. The van der Waals surface area contributed by atoms with Crippen molar-refractivity contribution in [2.75, 3.05) is 20.2 Å². The van der Waals surface area contributed by atoms with Gasteiger partial charge >= 0.3 is 5.69 Å². The molecular formula is C8H14N4O3. The second kappa shape index (κ2) is 4.74. The molecule has 1 aromatic rings. The van der Waals surface area contributed by atoms with Crippen molar-refractivity contribution in [2.24, 2.45) is 7.05 Å². The molecule has 0 saturated carbocycles. The number of aryl methyl sites for hydroxylation is 2. The Hall–Kier alpha value is -1.63. The molecule has 7 nitrogen and oxygen atoms in total. The summed E-state index contributed by atoms with van der Waals surface area (Å²) in [6.45, 7) is 2.58. The van der Waals surface area contributed by atoms with Crippen LogP contribution in [0.5, 0.6) is 5.88 Å². The lowest BCUT2D eigenvalue weighted by Crippen LogP contribution is -2.17. The maximum absolute atomic E-state index is 10.7. The van der Waals surface area contributed by atoms with Crippen LogP contribution >= 0.6 is 0 Å². The van der Waals surface area contributed by atoms with Gasteiger partial charge in [0.05, 0.1) is 4.92 Å². The predicted octanol–water partition coefficient (Wildman–Crippen LogP) is 0.235. The third-order valence-electron chi connectivity index (χ3n) is 1.91. The van der Waals surface area contributed by atoms with E-state index in [1.165, 1.54) is 4.68 Å². The van der Waals surface area contributed by atoms with Gasteiger partial charge in [0.15, 0.2) is 0 Å². The third-order valence-corrected chi connectivity index (χ3v) is 1.91. The molecule has 1 heterocycles. The lowest BCUT2D eigenvalue weighted by molar-refractivity contribution is -0.386. The van der Waals surface area contributed by atoms with Crippen LogP contribution in [0.4, 0.5) is 5.69 Å². The first-order valence-electron chi connectivity index (χ1n) is 4.53. The van der Waals surface area contributed by atoms with Gasteiger partial charge in [-0.1, -0.05) is 0 Å². The summed E-state index contributed by atoms with van der Waals surface area (Å²) in [4.78, 5) is 10.3. The number of aromatic nitrogens is 2. The van der Waals surface area contributed by atoms with Crippen molar-refractivity contribution >= 4 is 5.69 Å². The molecule has 15 heavy (non-hydrogen) atoms. The Morgan fingerprint density at radius 1 is 1.67 bits per heavy atom. The lowest BCUT2D eigenvalue weighted by atomic mass is 10.4. The Bertz CT molecular complexity index is 361. The van der Waals surface area contributed by atoms with Crippen molar-refractivity contribution in [2.45, 2.75) is 6.92 Å². The minimum Gasteiger partial charge on any atom is -0.472 e. The van der Waals surface area contributed by atoms with Crippen LogP contribution in [-0.4, -0.2) is 34.9 Å². The number of rotatable bonds is 5. The molecule has 0 saturated heterocycles. The van der Waals surface area contributed by atoms with Crippen molar-refractivity contribution < 1.29 is 9.66 Å². The molecule has 0 atom stereocenters. The van der Waals surface area contributed by atoms with Gasteiger partial charge in [-0.25, -0.2) is 4.68 Å². The summed E-state index contributed by atoms with van der Waals surface area (Å²) >= 11 is 0. The van der Waals surface area contributed by atoms with Crippen LogP contribution in [0.15, 0.2) is 0 Å². The second-order valence-electron chi connectivity index (χ2n) is 3.07. The topological polar surface area (TPSA) is 82.2 Å². The summed E-state index contributed by atoms with van der Waals surface area (Å²) in [6, 6.07) is 0. The molecule has 0 fully saturated rings. The fraction of sp³-hybridized carbons (Fsp3) is 0.625. The average molecular weight is 214 g/mol. The van der Waals surface area contributed by atoms with E-state index in [4.69, 9.17) is 4.74 Å². The van der Waals surface area contributed by atoms with Crippen molar-refractivity contribution in [3.05, 3.63) is 15.8 Å². The van der Waals surface area contributed by atoms with E-state index in [0.29, 0.717) is 18.8 Å². The first-order chi connectivity index (χ1) is 7.07. The molecule has 0 radical (unpaired) electrons. The fourth-order valence-corrected chi connectivity index (χ4v) is 1.25. The molecule has 7 heteroatoms. The van der Waals surface area contributed by atoms with E-state index in [1.54, 1.807) is 21.0 Å². The number of nitro groups is 1. The summed E-state index contributed by atoms with van der Waals surface area (Å²) in [5.74, 6) is 0.202. The zero-order valence-corrected chi connectivity index (χ0v) is 8.98. The largest absolute Gasteiger partial charge is 0.472 e. The zero-order chi connectivity index (χ0) is 11.4. The van der Waals surface area contributed by atoms with Gasteiger partial charge in [0.2, 0.25) is 0 Å². The van der Waals surface area contributed by atoms with E-state index >= 15 is 0 Å². The SMILES string of the molecule is CNCCOc1c([N+](=O)[O-])c(C)nn1C. The molecule has 84 valence electrons. The van der Waals surface area contributed by atoms with Gasteiger partial charge in [0.25, 0.3) is 5.88 Å². The van der Waals surface area contributed by atoms with E-state index in [0.717, 1.165) is 0 Å². The van der Waals surface area contributed by atoms with Crippen LogP contribution in [0.25, 0.3) is 0 Å². The highest BCUT2D eigenvalue weighted by atomic mass is 16.6. The minimum atomic E-state index is -0.475. The normalized spacial score (nSPS) is 10.3. The van der Waals surface area contributed by atoms with Crippen LogP contribution in [0.3, 0.4) is 0 Å². The Labute approximate surface area is 87.2 Å². The smallest absolute Gasteiger partial charge is 0.353 e. The Morgan fingerprint density at radius 3 is 2.87 bits per heavy atom. The van der Waals surface area contributed by atoms with Gasteiger partial charge in [-0.15, -0.1) is 0 Å². The summed E-state index contributed by atoms with van der Waals surface area (Å²) < 4.78 is 6.66. The molecule has 1 aromatic heterocycles. The Balaban J connectivity index is 2.89. The number of nitrogens with zero attached hydrogens (tertiary/aromatic N) is 3. The van der Waals surface area contributed by atoms with Gasteiger partial charge in [-0.3, -0.25) is 10.1 Å². The molecule has 0 aromatic carbocycles. The highest BCUT2D eigenvalue weighted by Gasteiger charge is 2.25. The zero-order valence-electron chi connectivity index (χ0n) is 8.98. The van der Waals surface area contributed by atoms with E-state index in [-0.39, 0.29) is 11.6 Å². The second-order valence-corrected chi connectivity index (χ2v) is 3.07. The average Bonchev–Trinajstić information content (AvgIpc) is 2.42. The number of ether oxygens (including phenoxy) is 1. The fourth-order valence-electron chi connectivity index (χ4n) is 1.25. The van der Waals surface area contributed by atoms with Crippen molar-refractivity contribution in [1.29, 1.82) is 0 Å². The molecule has 0 bridgehead atoms. The van der Waals surface area contributed by atoms with E-state index in [1.807, 2.05) is 0 Å². The number of likely N-dealkylation sites (N-methyl/N-ethyl adjacent to an activating group) is 1. The Morgan fingerprint density at radius 2 is 2.33 bits per heavy atom. The highest BCUT2D eigenvalue weighted by molar-refractivity contribution is 5.45. The van der Waals surface area contributed by atoms with E-state index in [2.05, 4.69) is 10.4 Å². The minimum absolute atomic E-state index is 0.0615. The van der Waals surface area contributed by atoms with Crippen LogP contribution in [-0.2, 0) is 7.05 Å². The molecule has 0 amide bonds. The molecule has 0 aliphatic carbocycles. The summed E-state index contributed by atoms with van der Waals surface area (Å²) in [5.41, 5.74) is 0.301. The Kier molecular flexibility index (Phi) is 3.62. The van der Waals surface area contributed by atoms with Crippen molar-refractivity contribution in [3.63, 3.8) is 0 Å². The number of hydrogen-bond acceptors (Lipinski definition) is 5. The molecule has 0 aliphatic rings. The van der Waals surface area contributed by atoms with Crippen LogP contribution < -0.4 is 10.1 Å². The van der Waals surface area contributed by atoms with Gasteiger partial charge in [-0.2, -0.15) is 5.10 Å². The van der Waals surface area contributed by atoms with Crippen LogP contribution in [0.1, 0.15) is 5.69 Å². The maximum atomic E-state index is 10.7.